The molecule has 0 radical (unpaired) electrons. The van der Waals surface area contributed by atoms with Gasteiger partial charge in [-0.15, -0.1) is 0 Å². The average Bonchev–Trinajstić information content (AvgIpc) is 2.42. The summed E-state index contributed by atoms with van der Waals surface area (Å²) in [6.45, 7) is 1.48. The molecule has 0 heterocycles. The summed E-state index contributed by atoms with van der Waals surface area (Å²) in [7, 11) is 2.96. The van der Waals surface area contributed by atoms with E-state index in [9.17, 15) is 4.79 Å². The predicted octanol–water partition coefficient (Wildman–Crippen LogP) is 1.61. The fraction of sp³-hybridized carbons (Fsp3) is 0.462. The van der Waals surface area contributed by atoms with Gasteiger partial charge in [-0.25, -0.2) is 4.79 Å². The molecule has 0 N–H and O–H groups in total. The summed E-state index contributed by atoms with van der Waals surface area (Å²) in [6.07, 6.45) is 0. The summed E-state index contributed by atoms with van der Waals surface area (Å²) in [5.74, 6) is -0.366. The molecule has 1 aromatic carbocycles. The summed E-state index contributed by atoms with van der Waals surface area (Å²) in [6, 6.07) is 7.15. The van der Waals surface area contributed by atoms with Crippen molar-refractivity contribution >= 4 is 5.97 Å². The van der Waals surface area contributed by atoms with Gasteiger partial charge in [0, 0.05) is 7.11 Å². The van der Waals surface area contributed by atoms with E-state index in [1.165, 1.54) is 7.11 Å². The van der Waals surface area contributed by atoms with Gasteiger partial charge in [-0.05, 0) is 11.6 Å². The summed E-state index contributed by atoms with van der Waals surface area (Å²) in [4.78, 5) is 11.5. The molecule has 0 unspecified atom stereocenters. The summed E-state index contributed by atoms with van der Waals surface area (Å²) >= 11 is 0. The number of carbonyl (C=O) groups is 1. The Morgan fingerprint density at radius 2 is 1.89 bits per heavy atom. The van der Waals surface area contributed by atoms with Crippen molar-refractivity contribution in [2.45, 2.75) is 6.61 Å². The minimum absolute atomic E-state index is 0.166. The monoisotopic (exact) mass is 254 g/mol. The molecule has 0 aliphatic carbocycles. The van der Waals surface area contributed by atoms with Gasteiger partial charge in [-0.3, -0.25) is 0 Å². The van der Waals surface area contributed by atoms with Gasteiger partial charge in [0.25, 0.3) is 0 Å². The van der Waals surface area contributed by atoms with Crippen molar-refractivity contribution < 1.29 is 23.7 Å². The molecule has 0 aliphatic rings. The van der Waals surface area contributed by atoms with Crippen LogP contribution in [0.4, 0.5) is 0 Å². The standard InChI is InChI=1S/C13H18O5/c1-15-7-8-17-10-18-9-11-5-3-4-6-12(11)13(14)16-2/h3-6H,7-10H2,1-2H3. The molecular formula is C13H18O5. The Morgan fingerprint density at radius 3 is 2.61 bits per heavy atom. The highest BCUT2D eigenvalue weighted by Crippen LogP contribution is 2.11. The zero-order valence-corrected chi connectivity index (χ0v) is 10.7. The zero-order chi connectivity index (χ0) is 13.2. The van der Waals surface area contributed by atoms with Crippen LogP contribution in [0, 0.1) is 0 Å². The maximum atomic E-state index is 11.5. The highest BCUT2D eigenvalue weighted by molar-refractivity contribution is 5.90. The van der Waals surface area contributed by atoms with Crippen molar-refractivity contribution in [2.75, 3.05) is 34.2 Å². The van der Waals surface area contributed by atoms with Gasteiger partial charge in [0.15, 0.2) is 0 Å². The van der Waals surface area contributed by atoms with Crippen molar-refractivity contribution in [3.8, 4) is 0 Å². The molecule has 100 valence electrons. The third-order valence-electron chi connectivity index (χ3n) is 2.28. The maximum Gasteiger partial charge on any atom is 0.338 e. The number of methoxy groups -OCH3 is 2. The molecule has 18 heavy (non-hydrogen) atoms. The minimum atomic E-state index is -0.366. The van der Waals surface area contributed by atoms with Crippen molar-refractivity contribution in [2.24, 2.45) is 0 Å². The zero-order valence-electron chi connectivity index (χ0n) is 10.7. The predicted molar refractivity (Wildman–Crippen MR) is 65.3 cm³/mol. The van der Waals surface area contributed by atoms with E-state index < -0.39 is 0 Å². The van der Waals surface area contributed by atoms with Gasteiger partial charge in [-0.1, -0.05) is 18.2 Å². The van der Waals surface area contributed by atoms with Gasteiger partial charge in [0.2, 0.25) is 0 Å². The lowest BCUT2D eigenvalue weighted by molar-refractivity contribution is -0.0726. The molecule has 0 amide bonds. The van der Waals surface area contributed by atoms with Gasteiger partial charge in [0.1, 0.15) is 6.79 Å². The van der Waals surface area contributed by atoms with Crippen molar-refractivity contribution in [1.29, 1.82) is 0 Å². The molecule has 0 bridgehead atoms. The normalized spacial score (nSPS) is 10.3. The lowest BCUT2D eigenvalue weighted by Crippen LogP contribution is -2.09. The third-order valence-corrected chi connectivity index (χ3v) is 2.28. The van der Waals surface area contributed by atoms with E-state index >= 15 is 0 Å². The van der Waals surface area contributed by atoms with E-state index in [0.717, 1.165) is 5.56 Å². The Bertz CT molecular complexity index is 364. The Kier molecular flexibility index (Phi) is 7.01. The number of benzene rings is 1. The molecular weight excluding hydrogens is 236 g/mol. The van der Waals surface area contributed by atoms with Crippen LogP contribution in [0.3, 0.4) is 0 Å². The molecule has 1 aromatic rings. The summed E-state index contributed by atoms with van der Waals surface area (Å²) < 4.78 is 20.0. The quantitative estimate of drug-likeness (QED) is 0.401. The highest BCUT2D eigenvalue weighted by Gasteiger charge is 2.10. The van der Waals surface area contributed by atoms with Crippen LogP contribution in [0.15, 0.2) is 24.3 Å². The van der Waals surface area contributed by atoms with Crippen LogP contribution >= 0.6 is 0 Å². The second-order valence-corrected chi connectivity index (χ2v) is 3.52. The molecule has 5 nitrogen and oxygen atoms in total. The van der Waals surface area contributed by atoms with Crippen LogP contribution in [0.25, 0.3) is 0 Å². The smallest absolute Gasteiger partial charge is 0.338 e. The van der Waals surface area contributed by atoms with Crippen LogP contribution in [0.5, 0.6) is 0 Å². The van der Waals surface area contributed by atoms with E-state index in [2.05, 4.69) is 0 Å². The van der Waals surface area contributed by atoms with Crippen LogP contribution < -0.4 is 0 Å². The largest absolute Gasteiger partial charge is 0.465 e. The Balaban J connectivity index is 2.39. The first-order chi connectivity index (χ1) is 8.79. The molecule has 0 spiro atoms. The number of ether oxygens (including phenoxy) is 4. The summed E-state index contributed by atoms with van der Waals surface area (Å²) in [5.41, 5.74) is 1.29. The Labute approximate surface area is 107 Å². The lowest BCUT2D eigenvalue weighted by Gasteiger charge is -2.09. The van der Waals surface area contributed by atoms with E-state index in [-0.39, 0.29) is 12.8 Å². The number of hydrogen-bond acceptors (Lipinski definition) is 5. The van der Waals surface area contributed by atoms with Gasteiger partial charge < -0.3 is 18.9 Å². The second-order valence-electron chi connectivity index (χ2n) is 3.52. The van der Waals surface area contributed by atoms with E-state index in [4.69, 9.17) is 18.9 Å². The molecule has 0 saturated heterocycles. The second kappa shape index (κ2) is 8.63. The first-order valence-electron chi connectivity index (χ1n) is 5.60. The topological polar surface area (TPSA) is 54.0 Å². The van der Waals surface area contributed by atoms with Crippen LogP contribution in [0.1, 0.15) is 15.9 Å². The van der Waals surface area contributed by atoms with Crippen molar-refractivity contribution in [1.82, 2.24) is 0 Å². The lowest BCUT2D eigenvalue weighted by atomic mass is 10.1. The van der Waals surface area contributed by atoms with Gasteiger partial charge in [-0.2, -0.15) is 0 Å². The molecule has 1 rings (SSSR count). The molecule has 0 saturated carbocycles. The number of esters is 1. The molecule has 0 fully saturated rings. The number of rotatable bonds is 8. The van der Waals surface area contributed by atoms with Crippen molar-refractivity contribution in [3.63, 3.8) is 0 Å². The Hall–Kier alpha value is -1.43. The fourth-order valence-electron chi connectivity index (χ4n) is 1.37. The fourth-order valence-corrected chi connectivity index (χ4v) is 1.37. The molecule has 5 heteroatoms. The number of carbonyl (C=O) groups excluding carboxylic acids is 1. The van der Waals surface area contributed by atoms with Gasteiger partial charge >= 0.3 is 5.97 Å². The van der Waals surface area contributed by atoms with Crippen LogP contribution in [0.2, 0.25) is 0 Å². The van der Waals surface area contributed by atoms with Crippen molar-refractivity contribution in [3.05, 3.63) is 35.4 Å². The van der Waals surface area contributed by atoms with E-state index in [1.807, 2.05) is 12.1 Å². The summed E-state index contributed by atoms with van der Waals surface area (Å²) in [5, 5.41) is 0. The first kappa shape index (κ1) is 14.6. The van der Waals surface area contributed by atoms with E-state index in [1.54, 1.807) is 19.2 Å². The average molecular weight is 254 g/mol. The van der Waals surface area contributed by atoms with Gasteiger partial charge in [0.05, 0.1) is 32.5 Å². The van der Waals surface area contributed by atoms with Crippen LogP contribution in [-0.4, -0.2) is 40.2 Å². The Morgan fingerprint density at radius 1 is 1.11 bits per heavy atom. The molecule has 0 aliphatic heterocycles. The third kappa shape index (κ3) is 4.83. The molecule has 0 aromatic heterocycles. The SMILES string of the molecule is COCCOCOCc1ccccc1C(=O)OC. The highest BCUT2D eigenvalue weighted by atomic mass is 16.7. The first-order valence-corrected chi connectivity index (χ1v) is 5.60. The number of hydrogen-bond donors (Lipinski definition) is 0. The van der Waals surface area contributed by atoms with Crippen LogP contribution in [-0.2, 0) is 25.6 Å². The molecule has 0 atom stereocenters. The maximum absolute atomic E-state index is 11.5. The minimum Gasteiger partial charge on any atom is -0.465 e. The van der Waals surface area contributed by atoms with E-state index in [0.29, 0.717) is 25.4 Å².